The fourth-order valence-electron chi connectivity index (χ4n) is 2.34. The van der Waals surface area contributed by atoms with Crippen LogP contribution in [0.2, 0.25) is 0 Å². The summed E-state index contributed by atoms with van der Waals surface area (Å²) in [6.07, 6.45) is 2.74. The number of carboxylic acid groups (broad SMARTS) is 1. The van der Waals surface area contributed by atoms with E-state index in [-0.39, 0.29) is 17.2 Å². The van der Waals surface area contributed by atoms with Gasteiger partial charge in [0, 0.05) is 32.6 Å². The van der Waals surface area contributed by atoms with Gasteiger partial charge in [0.15, 0.2) is 5.76 Å². The Morgan fingerprint density at radius 3 is 2.57 bits per heavy atom. The summed E-state index contributed by atoms with van der Waals surface area (Å²) in [5.74, 6) is -1.16. The van der Waals surface area contributed by atoms with Crippen LogP contribution >= 0.6 is 0 Å². The molecule has 2 N–H and O–H groups in total. The lowest BCUT2D eigenvalue weighted by Crippen LogP contribution is -2.40. The topological polar surface area (TPSA) is 99.9 Å². The lowest BCUT2D eigenvalue weighted by Gasteiger charge is -2.31. The molecule has 0 spiro atoms. The van der Waals surface area contributed by atoms with Crippen molar-refractivity contribution in [2.24, 2.45) is 5.92 Å². The van der Waals surface area contributed by atoms with Crippen molar-refractivity contribution >= 4 is 17.8 Å². The Morgan fingerprint density at radius 1 is 1.38 bits per heavy atom. The van der Waals surface area contributed by atoms with Gasteiger partial charge in [-0.1, -0.05) is 0 Å². The summed E-state index contributed by atoms with van der Waals surface area (Å²) >= 11 is 0. The van der Waals surface area contributed by atoms with Crippen molar-refractivity contribution in [2.45, 2.75) is 19.8 Å². The van der Waals surface area contributed by atoms with E-state index in [4.69, 9.17) is 9.52 Å². The molecule has 0 bridgehead atoms. The first-order valence-corrected chi connectivity index (χ1v) is 6.83. The van der Waals surface area contributed by atoms with Crippen molar-refractivity contribution in [1.82, 2.24) is 10.2 Å². The number of hydrogen-bond donors (Lipinski definition) is 2. The van der Waals surface area contributed by atoms with E-state index in [0.29, 0.717) is 25.6 Å². The Hall–Kier alpha value is -2.31. The molecule has 7 nitrogen and oxygen atoms in total. The monoisotopic (exact) mass is 294 g/mol. The first kappa shape index (κ1) is 15.1. The molecule has 2 amide bonds. The standard InChI is InChI=1S/C14H18N2O5/c1-9(17)16-4-2-10(3-5-16)7-15-13(18)12-6-11(8-21-12)14(19)20/h6,8,10H,2-5,7H2,1H3,(H,15,18)(H,19,20). The van der Waals surface area contributed by atoms with Crippen molar-refractivity contribution < 1.29 is 23.9 Å². The maximum absolute atomic E-state index is 11.8. The molecule has 7 heteroatoms. The van der Waals surface area contributed by atoms with Crippen LogP contribution < -0.4 is 5.32 Å². The summed E-state index contributed by atoms with van der Waals surface area (Å²) < 4.78 is 4.93. The number of piperidine rings is 1. The zero-order valence-corrected chi connectivity index (χ0v) is 11.8. The average molecular weight is 294 g/mol. The van der Waals surface area contributed by atoms with E-state index in [1.165, 1.54) is 6.07 Å². The minimum absolute atomic E-state index is 0.00595. The highest BCUT2D eigenvalue weighted by atomic mass is 16.4. The smallest absolute Gasteiger partial charge is 0.338 e. The van der Waals surface area contributed by atoms with Crippen LogP contribution in [0.1, 0.15) is 40.7 Å². The van der Waals surface area contributed by atoms with Crippen molar-refractivity contribution in [3.05, 3.63) is 23.7 Å². The molecule has 1 aliphatic heterocycles. The molecular formula is C14H18N2O5. The SMILES string of the molecule is CC(=O)N1CCC(CNC(=O)c2cc(C(=O)O)co2)CC1. The van der Waals surface area contributed by atoms with Crippen LogP contribution in [0.4, 0.5) is 0 Å². The predicted octanol–water partition coefficient (Wildman–Crippen LogP) is 0.966. The molecule has 0 unspecified atom stereocenters. The maximum Gasteiger partial charge on any atom is 0.338 e. The first-order valence-electron chi connectivity index (χ1n) is 6.83. The maximum atomic E-state index is 11.8. The summed E-state index contributed by atoms with van der Waals surface area (Å²) in [5, 5.41) is 11.5. The minimum Gasteiger partial charge on any atom is -0.478 e. The van der Waals surface area contributed by atoms with Gasteiger partial charge in [-0.3, -0.25) is 9.59 Å². The number of rotatable bonds is 4. The molecule has 21 heavy (non-hydrogen) atoms. The van der Waals surface area contributed by atoms with Crippen molar-refractivity contribution in [3.63, 3.8) is 0 Å². The number of aromatic carboxylic acids is 1. The molecule has 0 aliphatic carbocycles. The van der Waals surface area contributed by atoms with Gasteiger partial charge in [0.1, 0.15) is 6.26 Å². The van der Waals surface area contributed by atoms with Crippen molar-refractivity contribution in [3.8, 4) is 0 Å². The van der Waals surface area contributed by atoms with Gasteiger partial charge in [0.25, 0.3) is 5.91 Å². The molecule has 0 saturated carbocycles. The van der Waals surface area contributed by atoms with Gasteiger partial charge in [0.2, 0.25) is 5.91 Å². The van der Waals surface area contributed by atoms with Gasteiger partial charge in [-0.25, -0.2) is 4.79 Å². The zero-order chi connectivity index (χ0) is 15.4. The summed E-state index contributed by atoms with van der Waals surface area (Å²) in [6, 6.07) is 1.20. The second-order valence-corrected chi connectivity index (χ2v) is 5.16. The fraction of sp³-hybridized carbons (Fsp3) is 0.500. The Labute approximate surface area is 121 Å². The Balaban J connectivity index is 1.79. The number of carboxylic acids is 1. The quantitative estimate of drug-likeness (QED) is 0.861. The van der Waals surface area contributed by atoms with Crippen LogP contribution in [0.5, 0.6) is 0 Å². The van der Waals surface area contributed by atoms with Gasteiger partial charge in [-0.2, -0.15) is 0 Å². The predicted molar refractivity (Wildman–Crippen MR) is 73.0 cm³/mol. The lowest BCUT2D eigenvalue weighted by molar-refractivity contribution is -0.130. The number of likely N-dealkylation sites (tertiary alicyclic amines) is 1. The number of carbonyl (C=O) groups is 3. The van der Waals surface area contributed by atoms with Gasteiger partial charge >= 0.3 is 5.97 Å². The van der Waals surface area contributed by atoms with Crippen LogP contribution in [0.15, 0.2) is 16.7 Å². The molecule has 2 heterocycles. The highest BCUT2D eigenvalue weighted by Crippen LogP contribution is 2.16. The van der Waals surface area contributed by atoms with Crippen molar-refractivity contribution in [1.29, 1.82) is 0 Å². The summed E-state index contributed by atoms with van der Waals surface area (Å²) in [7, 11) is 0. The third-order valence-electron chi connectivity index (χ3n) is 3.68. The minimum atomic E-state index is -1.13. The van der Waals surface area contributed by atoms with Crippen molar-refractivity contribution in [2.75, 3.05) is 19.6 Å². The normalized spacial score (nSPS) is 15.8. The van der Waals surface area contributed by atoms with Crippen LogP contribution in [-0.2, 0) is 4.79 Å². The Bertz CT molecular complexity index is 543. The van der Waals surface area contributed by atoms with E-state index >= 15 is 0 Å². The van der Waals surface area contributed by atoms with E-state index in [1.54, 1.807) is 11.8 Å². The number of nitrogens with one attached hydrogen (secondary N) is 1. The molecule has 0 atom stereocenters. The molecule has 0 radical (unpaired) electrons. The number of hydrogen-bond acceptors (Lipinski definition) is 4. The second kappa shape index (κ2) is 6.43. The molecule has 1 aliphatic rings. The van der Waals surface area contributed by atoms with Crippen LogP contribution in [0, 0.1) is 5.92 Å². The molecule has 114 valence electrons. The third-order valence-corrected chi connectivity index (χ3v) is 3.68. The van der Waals surface area contributed by atoms with E-state index in [9.17, 15) is 14.4 Å². The number of nitrogens with zero attached hydrogens (tertiary/aromatic N) is 1. The number of carbonyl (C=O) groups excluding carboxylic acids is 2. The molecule has 2 rings (SSSR count). The van der Waals surface area contributed by atoms with E-state index in [2.05, 4.69) is 5.32 Å². The fourth-order valence-corrected chi connectivity index (χ4v) is 2.34. The zero-order valence-electron chi connectivity index (χ0n) is 11.8. The van der Waals surface area contributed by atoms with Gasteiger partial charge < -0.3 is 19.7 Å². The Kier molecular flexibility index (Phi) is 4.62. The molecule has 1 aromatic heterocycles. The van der Waals surface area contributed by atoms with E-state index in [1.807, 2.05) is 0 Å². The number of furan rings is 1. The number of amides is 2. The summed E-state index contributed by atoms with van der Waals surface area (Å²) in [6.45, 7) is 3.46. The Morgan fingerprint density at radius 2 is 2.05 bits per heavy atom. The van der Waals surface area contributed by atoms with Crippen LogP contribution in [0.3, 0.4) is 0 Å². The van der Waals surface area contributed by atoms with Crippen LogP contribution in [0.25, 0.3) is 0 Å². The van der Waals surface area contributed by atoms with Gasteiger partial charge in [0.05, 0.1) is 5.56 Å². The second-order valence-electron chi connectivity index (χ2n) is 5.16. The summed E-state index contributed by atoms with van der Waals surface area (Å²) in [5.41, 5.74) is -0.0464. The van der Waals surface area contributed by atoms with Gasteiger partial charge in [-0.15, -0.1) is 0 Å². The molecular weight excluding hydrogens is 276 g/mol. The highest BCUT2D eigenvalue weighted by Gasteiger charge is 2.22. The lowest BCUT2D eigenvalue weighted by atomic mass is 9.97. The van der Waals surface area contributed by atoms with Gasteiger partial charge in [-0.05, 0) is 18.8 Å². The van der Waals surface area contributed by atoms with E-state index < -0.39 is 11.9 Å². The molecule has 0 aromatic carbocycles. The first-order chi connectivity index (χ1) is 9.97. The molecule has 1 aromatic rings. The molecule has 1 fully saturated rings. The van der Waals surface area contributed by atoms with Crippen LogP contribution in [-0.4, -0.2) is 47.4 Å². The summed E-state index contributed by atoms with van der Waals surface area (Å²) in [4.78, 5) is 35.5. The molecule has 1 saturated heterocycles. The highest BCUT2D eigenvalue weighted by molar-refractivity contribution is 5.95. The third kappa shape index (κ3) is 3.84. The van der Waals surface area contributed by atoms with E-state index in [0.717, 1.165) is 19.1 Å². The average Bonchev–Trinajstić information content (AvgIpc) is 2.95. The largest absolute Gasteiger partial charge is 0.478 e.